The van der Waals surface area contributed by atoms with E-state index in [0.29, 0.717) is 0 Å². The van der Waals surface area contributed by atoms with Crippen LogP contribution < -0.4 is 0 Å². The Bertz CT molecular complexity index is 77.0. The summed E-state index contributed by atoms with van der Waals surface area (Å²) in [6.45, 7) is 4.38. The van der Waals surface area contributed by atoms with Crippen molar-refractivity contribution in [1.29, 1.82) is 0 Å². The van der Waals surface area contributed by atoms with Crippen molar-refractivity contribution in [3.63, 3.8) is 0 Å². The monoisotopic (exact) mass is 231 g/mol. The Balaban J connectivity index is 3.45. The molecule has 1 radical (unpaired) electrons. The summed E-state index contributed by atoms with van der Waals surface area (Å²) in [5, 5.41) is 0. The summed E-state index contributed by atoms with van der Waals surface area (Å²) in [4.78, 5) is 0. The number of hydrogen-bond acceptors (Lipinski definition) is 0. The van der Waals surface area contributed by atoms with E-state index in [2.05, 4.69) is 16.4 Å². The molecule has 7 heavy (non-hydrogen) atoms. The summed E-state index contributed by atoms with van der Waals surface area (Å²) in [6, 6.07) is 0. The van der Waals surface area contributed by atoms with E-state index >= 15 is 0 Å². The molecule has 0 fully saturated rings. The third kappa shape index (κ3) is 7.55. The molecular formula is C3H7Cl2SiZr. The molecule has 0 nitrogen and oxygen atoms in total. The Kier molecular flexibility index (Phi) is 5.41. The third-order valence-electron chi connectivity index (χ3n) is 0.398. The van der Waals surface area contributed by atoms with E-state index in [1.165, 1.54) is 0 Å². The van der Waals surface area contributed by atoms with Gasteiger partial charge in [0.2, 0.25) is 0 Å². The molecule has 0 aliphatic rings. The van der Waals surface area contributed by atoms with Gasteiger partial charge in [-0.15, -0.1) is 0 Å². The molecule has 0 aliphatic heterocycles. The van der Waals surface area contributed by atoms with E-state index in [9.17, 15) is 0 Å². The van der Waals surface area contributed by atoms with Gasteiger partial charge < -0.3 is 0 Å². The molecule has 0 spiro atoms. The van der Waals surface area contributed by atoms with Crippen LogP contribution in [0.15, 0.2) is 0 Å². The van der Waals surface area contributed by atoms with Crippen LogP contribution in [0.5, 0.6) is 0 Å². The quantitative estimate of drug-likeness (QED) is 0.608. The van der Waals surface area contributed by atoms with Gasteiger partial charge in [-0.25, -0.2) is 0 Å². The fraction of sp³-hybridized carbons (Fsp3) is 0.667. The minimum absolute atomic E-state index is 0.236. The molecule has 0 rings (SSSR count). The minimum atomic E-state index is -1.82. The first-order chi connectivity index (χ1) is 3.13. The fourth-order valence-corrected chi connectivity index (χ4v) is 11.6. The molecule has 0 saturated heterocycles. The molecule has 0 saturated carbocycles. The van der Waals surface area contributed by atoms with Gasteiger partial charge in [-0.05, 0) is 0 Å². The van der Waals surface area contributed by atoms with Crippen LogP contribution in [0.2, 0.25) is 13.1 Å². The van der Waals surface area contributed by atoms with Crippen molar-refractivity contribution in [2.75, 3.05) is 0 Å². The SMILES string of the molecule is C[Si](C)[CH]=[Zr]([Cl])[Cl]. The molecule has 0 bridgehead atoms. The van der Waals surface area contributed by atoms with Crippen LogP contribution in [0.3, 0.4) is 0 Å². The molecule has 0 atom stereocenters. The van der Waals surface area contributed by atoms with Crippen molar-refractivity contribution in [3.05, 3.63) is 0 Å². The summed E-state index contributed by atoms with van der Waals surface area (Å²) in [5.41, 5.74) is 0. The van der Waals surface area contributed by atoms with Crippen molar-refractivity contribution in [3.8, 4) is 0 Å². The number of halogens is 2. The molecule has 0 aromatic carbocycles. The summed E-state index contributed by atoms with van der Waals surface area (Å²) < 4.78 is 2.16. The molecule has 0 unspecified atom stereocenters. The van der Waals surface area contributed by atoms with Gasteiger partial charge in [0.1, 0.15) is 0 Å². The van der Waals surface area contributed by atoms with Crippen LogP contribution in [0, 0.1) is 0 Å². The molecule has 0 aromatic heterocycles. The summed E-state index contributed by atoms with van der Waals surface area (Å²) in [5.74, 6) is 0. The van der Waals surface area contributed by atoms with Gasteiger partial charge in [-0.1, -0.05) is 0 Å². The number of rotatable bonds is 1. The topological polar surface area (TPSA) is 0 Å². The van der Waals surface area contributed by atoms with E-state index < -0.39 is 18.9 Å². The first-order valence-electron chi connectivity index (χ1n) is 1.96. The average Bonchev–Trinajstić information content (AvgIpc) is 1.27. The predicted octanol–water partition coefficient (Wildman–Crippen LogP) is 2.01. The zero-order valence-corrected chi connectivity index (χ0v) is 9.30. The second-order valence-corrected chi connectivity index (χ2v) is 13.5. The molecular weight excluding hydrogens is 226 g/mol. The molecule has 0 aliphatic carbocycles. The Labute approximate surface area is 60.7 Å². The second-order valence-electron chi connectivity index (χ2n) is 1.51. The van der Waals surface area contributed by atoms with E-state index in [0.717, 1.165) is 0 Å². The second kappa shape index (κ2) is 4.43. The predicted molar refractivity (Wildman–Crippen MR) is 35.3 cm³/mol. The van der Waals surface area contributed by atoms with E-state index in [4.69, 9.17) is 17.0 Å². The molecule has 0 aromatic rings. The van der Waals surface area contributed by atoms with Crippen LogP contribution in [-0.4, -0.2) is 12.1 Å². The van der Waals surface area contributed by atoms with Crippen molar-refractivity contribution in [2.24, 2.45) is 0 Å². The fourth-order valence-electron chi connectivity index (χ4n) is 0.218. The first kappa shape index (κ1) is 8.55. The van der Waals surface area contributed by atoms with Gasteiger partial charge in [-0.3, -0.25) is 0 Å². The van der Waals surface area contributed by atoms with Crippen LogP contribution >= 0.6 is 17.0 Å². The third-order valence-corrected chi connectivity index (χ3v) is 10.9. The zero-order valence-electron chi connectivity index (χ0n) is 4.33. The van der Waals surface area contributed by atoms with Gasteiger partial charge in [0, 0.05) is 0 Å². The van der Waals surface area contributed by atoms with E-state index in [1.807, 2.05) is 0 Å². The maximum atomic E-state index is 5.60. The van der Waals surface area contributed by atoms with E-state index in [1.54, 1.807) is 0 Å². The van der Waals surface area contributed by atoms with Crippen molar-refractivity contribution in [2.45, 2.75) is 13.1 Å². The van der Waals surface area contributed by atoms with Crippen LogP contribution in [-0.2, 0) is 18.9 Å². The zero-order chi connectivity index (χ0) is 5.86. The Morgan fingerprint density at radius 2 is 1.86 bits per heavy atom. The molecule has 4 heteroatoms. The van der Waals surface area contributed by atoms with Gasteiger partial charge in [0.15, 0.2) is 0 Å². The van der Waals surface area contributed by atoms with Crippen LogP contribution in [0.1, 0.15) is 0 Å². The summed E-state index contributed by atoms with van der Waals surface area (Å²) in [7, 11) is 11.0. The van der Waals surface area contributed by atoms with Crippen molar-refractivity contribution >= 4 is 29.2 Å². The Morgan fingerprint density at radius 3 is 1.86 bits per heavy atom. The Morgan fingerprint density at radius 1 is 1.43 bits per heavy atom. The van der Waals surface area contributed by atoms with Crippen molar-refractivity contribution < 1.29 is 18.9 Å². The normalized spacial score (nSPS) is 9.29. The Hall–Kier alpha value is 1.55. The van der Waals surface area contributed by atoms with Crippen LogP contribution in [0.4, 0.5) is 0 Å². The van der Waals surface area contributed by atoms with Gasteiger partial charge >= 0.3 is 61.1 Å². The molecule has 41 valence electrons. The van der Waals surface area contributed by atoms with Gasteiger partial charge in [0.25, 0.3) is 0 Å². The first-order valence-corrected chi connectivity index (χ1v) is 12.3. The summed E-state index contributed by atoms with van der Waals surface area (Å²) >= 11 is -1.82. The standard InChI is InChI=1S/C3H7Si.2ClH.Zr/c1-4(2)3;;;/h1H,2-3H3;2*1H;/q;;;+2/p-2. The van der Waals surface area contributed by atoms with Crippen molar-refractivity contribution in [1.82, 2.24) is 0 Å². The molecule has 0 amide bonds. The average molecular weight is 233 g/mol. The van der Waals surface area contributed by atoms with Crippen LogP contribution in [0.25, 0.3) is 0 Å². The van der Waals surface area contributed by atoms with Gasteiger partial charge in [-0.2, -0.15) is 0 Å². The molecule has 0 N–H and O–H groups in total. The molecule has 0 heterocycles. The van der Waals surface area contributed by atoms with E-state index in [-0.39, 0.29) is 8.80 Å². The van der Waals surface area contributed by atoms with Gasteiger partial charge in [0.05, 0.1) is 0 Å². The number of hydrogen-bond donors (Lipinski definition) is 0. The summed E-state index contributed by atoms with van der Waals surface area (Å²) in [6.07, 6.45) is 0. The maximum absolute atomic E-state index is 5.60.